The maximum atomic E-state index is 12.6. The highest BCUT2D eigenvalue weighted by atomic mass is 79.9. The summed E-state index contributed by atoms with van der Waals surface area (Å²) in [5.74, 6) is 0.0983. The van der Waals surface area contributed by atoms with Crippen molar-refractivity contribution in [3.05, 3.63) is 64.1 Å². The zero-order valence-electron chi connectivity index (χ0n) is 11.3. The Bertz CT molecular complexity index is 627. The van der Waals surface area contributed by atoms with Gasteiger partial charge in [0.25, 0.3) is 0 Å². The largest absolute Gasteiger partial charge is 0.325 e. The molecule has 3 heteroatoms. The summed E-state index contributed by atoms with van der Waals surface area (Å²) in [6.45, 7) is 2.02. The van der Waals surface area contributed by atoms with Crippen LogP contribution in [0.1, 0.15) is 24.0 Å². The second-order valence-corrected chi connectivity index (χ2v) is 6.34. The molecule has 0 atom stereocenters. The molecule has 1 aliphatic rings. The summed E-state index contributed by atoms with van der Waals surface area (Å²) in [5, 5.41) is 3.06. The van der Waals surface area contributed by atoms with Crippen molar-refractivity contribution in [1.82, 2.24) is 0 Å². The van der Waals surface area contributed by atoms with Gasteiger partial charge in [-0.15, -0.1) is 0 Å². The molecule has 2 aromatic carbocycles. The van der Waals surface area contributed by atoms with Crippen LogP contribution in [0.15, 0.2) is 53.0 Å². The third-order valence-electron chi connectivity index (χ3n) is 3.81. The molecule has 102 valence electrons. The number of hydrogen-bond acceptors (Lipinski definition) is 1. The molecule has 0 unspecified atom stereocenters. The molecule has 0 aromatic heterocycles. The lowest BCUT2D eigenvalue weighted by atomic mass is 9.95. The van der Waals surface area contributed by atoms with Crippen LogP contribution in [0.5, 0.6) is 0 Å². The predicted molar refractivity (Wildman–Crippen MR) is 84.9 cm³/mol. The quantitative estimate of drug-likeness (QED) is 0.886. The summed E-state index contributed by atoms with van der Waals surface area (Å²) >= 11 is 3.46. The number of hydrogen-bond donors (Lipinski definition) is 1. The molecule has 1 saturated carbocycles. The third kappa shape index (κ3) is 2.50. The van der Waals surface area contributed by atoms with Crippen molar-refractivity contribution >= 4 is 27.5 Å². The first-order valence-corrected chi connectivity index (χ1v) is 7.54. The Morgan fingerprint density at radius 2 is 1.85 bits per heavy atom. The van der Waals surface area contributed by atoms with E-state index in [1.54, 1.807) is 0 Å². The number of benzene rings is 2. The maximum Gasteiger partial charge on any atom is 0.235 e. The fraction of sp³-hybridized carbons (Fsp3) is 0.235. The number of carbonyl (C=O) groups excluding carboxylic acids is 1. The van der Waals surface area contributed by atoms with Crippen LogP contribution in [-0.2, 0) is 10.2 Å². The number of rotatable bonds is 3. The Hall–Kier alpha value is -1.61. The normalized spacial score (nSPS) is 15.7. The van der Waals surface area contributed by atoms with Crippen molar-refractivity contribution in [3.63, 3.8) is 0 Å². The van der Waals surface area contributed by atoms with E-state index in [-0.39, 0.29) is 11.3 Å². The molecule has 1 N–H and O–H groups in total. The Kier molecular flexibility index (Phi) is 3.38. The van der Waals surface area contributed by atoms with Crippen LogP contribution >= 0.6 is 15.9 Å². The predicted octanol–water partition coefficient (Wildman–Crippen LogP) is 4.43. The lowest BCUT2D eigenvalue weighted by Crippen LogP contribution is -2.27. The number of aryl methyl sites for hydroxylation is 1. The van der Waals surface area contributed by atoms with Crippen molar-refractivity contribution in [3.8, 4) is 0 Å². The van der Waals surface area contributed by atoms with Crippen LogP contribution < -0.4 is 5.32 Å². The van der Waals surface area contributed by atoms with Crippen LogP contribution in [0.25, 0.3) is 0 Å². The highest BCUT2D eigenvalue weighted by Crippen LogP contribution is 2.48. The molecule has 0 heterocycles. The summed E-state index contributed by atoms with van der Waals surface area (Å²) in [5.41, 5.74) is 2.77. The fourth-order valence-corrected chi connectivity index (χ4v) is 3.20. The Morgan fingerprint density at radius 3 is 2.45 bits per heavy atom. The third-order valence-corrected chi connectivity index (χ3v) is 4.27. The Labute approximate surface area is 127 Å². The molecule has 0 radical (unpaired) electrons. The minimum absolute atomic E-state index is 0.0983. The van der Waals surface area contributed by atoms with Gasteiger partial charge in [-0.1, -0.05) is 46.3 Å². The van der Waals surface area contributed by atoms with Gasteiger partial charge in [0, 0.05) is 10.2 Å². The van der Waals surface area contributed by atoms with Crippen molar-refractivity contribution in [2.75, 3.05) is 5.32 Å². The molecule has 2 nitrogen and oxygen atoms in total. The van der Waals surface area contributed by atoms with Gasteiger partial charge >= 0.3 is 0 Å². The van der Waals surface area contributed by atoms with Gasteiger partial charge in [-0.05, 0) is 49.1 Å². The molecule has 0 saturated heterocycles. The van der Waals surface area contributed by atoms with E-state index >= 15 is 0 Å². The number of amides is 1. The monoisotopic (exact) mass is 329 g/mol. The molecule has 3 rings (SSSR count). The SMILES string of the molecule is Cc1cc(Br)cc(NC(=O)C2(c3ccccc3)CC2)c1. The molecule has 1 fully saturated rings. The Balaban J connectivity index is 1.83. The Morgan fingerprint density at radius 1 is 1.15 bits per heavy atom. The molecule has 2 aromatic rings. The molecular weight excluding hydrogens is 314 g/mol. The first-order valence-electron chi connectivity index (χ1n) is 6.74. The second kappa shape index (κ2) is 5.06. The number of halogens is 1. The van der Waals surface area contributed by atoms with E-state index in [2.05, 4.69) is 21.2 Å². The summed E-state index contributed by atoms with van der Waals surface area (Å²) in [4.78, 5) is 12.6. The summed E-state index contributed by atoms with van der Waals surface area (Å²) in [7, 11) is 0. The summed E-state index contributed by atoms with van der Waals surface area (Å²) < 4.78 is 0.984. The van der Waals surface area contributed by atoms with Crippen LogP contribution in [-0.4, -0.2) is 5.91 Å². The topological polar surface area (TPSA) is 29.1 Å². The van der Waals surface area contributed by atoms with Crippen LogP contribution in [0.4, 0.5) is 5.69 Å². The lowest BCUT2D eigenvalue weighted by Gasteiger charge is -2.16. The smallest absolute Gasteiger partial charge is 0.235 e. The van der Waals surface area contributed by atoms with E-state index in [1.807, 2.05) is 55.5 Å². The van der Waals surface area contributed by atoms with Gasteiger partial charge in [-0.2, -0.15) is 0 Å². The second-order valence-electron chi connectivity index (χ2n) is 5.42. The molecule has 20 heavy (non-hydrogen) atoms. The van der Waals surface area contributed by atoms with Crippen molar-refractivity contribution in [1.29, 1.82) is 0 Å². The maximum absolute atomic E-state index is 12.6. The van der Waals surface area contributed by atoms with Gasteiger partial charge in [-0.25, -0.2) is 0 Å². The number of anilines is 1. The highest BCUT2D eigenvalue weighted by Gasteiger charge is 2.51. The van der Waals surface area contributed by atoms with Gasteiger partial charge in [0.1, 0.15) is 0 Å². The number of carbonyl (C=O) groups is 1. The van der Waals surface area contributed by atoms with Crippen molar-refractivity contribution in [2.24, 2.45) is 0 Å². The highest BCUT2D eigenvalue weighted by molar-refractivity contribution is 9.10. The average Bonchev–Trinajstić information content (AvgIpc) is 3.20. The van der Waals surface area contributed by atoms with E-state index in [0.717, 1.165) is 34.1 Å². The number of nitrogens with one attached hydrogen (secondary N) is 1. The molecule has 0 spiro atoms. The van der Waals surface area contributed by atoms with Gasteiger partial charge in [-0.3, -0.25) is 4.79 Å². The van der Waals surface area contributed by atoms with Crippen molar-refractivity contribution in [2.45, 2.75) is 25.2 Å². The molecule has 0 aliphatic heterocycles. The van der Waals surface area contributed by atoms with Gasteiger partial charge < -0.3 is 5.32 Å². The van der Waals surface area contributed by atoms with Crippen LogP contribution in [0, 0.1) is 6.92 Å². The lowest BCUT2D eigenvalue weighted by molar-refractivity contribution is -0.118. The van der Waals surface area contributed by atoms with Crippen LogP contribution in [0.2, 0.25) is 0 Å². The van der Waals surface area contributed by atoms with E-state index in [4.69, 9.17) is 0 Å². The molecule has 0 bridgehead atoms. The summed E-state index contributed by atoms with van der Waals surface area (Å²) in [6.07, 6.45) is 1.85. The van der Waals surface area contributed by atoms with E-state index in [1.165, 1.54) is 0 Å². The molecular formula is C17H16BrNO. The zero-order chi connectivity index (χ0) is 14.2. The van der Waals surface area contributed by atoms with E-state index in [0.29, 0.717) is 0 Å². The standard InChI is InChI=1S/C17H16BrNO/c1-12-9-14(18)11-15(10-12)19-16(20)17(7-8-17)13-5-3-2-4-6-13/h2-6,9-11H,7-8H2,1H3,(H,19,20). The summed E-state index contributed by atoms with van der Waals surface area (Å²) in [6, 6.07) is 16.0. The average molecular weight is 330 g/mol. The van der Waals surface area contributed by atoms with Gasteiger partial charge in [0.15, 0.2) is 0 Å². The minimum Gasteiger partial charge on any atom is -0.325 e. The van der Waals surface area contributed by atoms with Crippen molar-refractivity contribution < 1.29 is 4.79 Å². The zero-order valence-corrected chi connectivity index (χ0v) is 12.9. The first-order chi connectivity index (χ1) is 9.60. The molecule has 1 amide bonds. The van der Waals surface area contributed by atoms with E-state index < -0.39 is 0 Å². The van der Waals surface area contributed by atoms with Gasteiger partial charge in [0.2, 0.25) is 5.91 Å². The molecule has 1 aliphatic carbocycles. The first kappa shape index (κ1) is 13.4. The van der Waals surface area contributed by atoms with E-state index in [9.17, 15) is 4.79 Å². The van der Waals surface area contributed by atoms with Crippen LogP contribution in [0.3, 0.4) is 0 Å². The van der Waals surface area contributed by atoms with Gasteiger partial charge in [0.05, 0.1) is 5.41 Å². The fourth-order valence-electron chi connectivity index (χ4n) is 2.59. The minimum atomic E-state index is -0.322.